The zero-order chi connectivity index (χ0) is 26.8. The second-order valence-corrected chi connectivity index (χ2v) is 8.23. The summed E-state index contributed by atoms with van der Waals surface area (Å²) in [6.45, 7) is 1.85. The SMILES string of the molecule is Cc1nn(-c2ccccc2)c2ncc(/C(=N/Nc3ccc([N+](=O)[O-])cc3[N+](=O)[O-])c3ccccc3O)cc12. The lowest BCUT2D eigenvalue weighted by Gasteiger charge is -2.11. The number of nitro groups is 2. The lowest BCUT2D eigenvalue weighted by Crippen LogP contribution is -2.09. The molecule has 2 aromatic heterocycles. The molecule has 0 aliphatic rings. The third-order valence-electron chi connectivity index (χ3n) is 5.82. The predicted molar refractivity (Wildman–Crippen MR) is 141 cm³/mol. The van der Waals surface area contributed by atoms with Crippen molar-refractivity contribution in [2.24, 2.45) is 5.10 Å². The van der Waals surface area contributed by atoms with Crippen molar-refractivity contribution in [2.75, 3.05) is 5.43 Å². The van der Waals surface area contributed by atoms with Gasteiger partial charge in [0.2, 0.25) is 0 Å². The Bertz CT molecular complexity index is 1730. The van der Waals surface area contributed by atoms with E-state index in [9.17, 15) is 25.3 Å². The van der Waals surface area contributed by atoms with Crippen molar-refractivity contribution in [3.05, 3.63) is 122 Å². The fourth-order valence-corrected chi connectivity index (χ4v) is 3.97. The molecule has 3 aromatic carbocycles. The third kappa shape index (κ3) is 4.48. The Kier molecular flexibility index (Phi) is 6.19. The highest BCUT2D eigenvalue weighted by molar-refractivity contribution is 6.15. The highest BCUT2D eigenvalue weighted by atomic mass is 16.6. The molecule has 0 fully saturated rings. The molecule has 12 heteroatoms. The first kappa shape index (κ1) is 24.1. The van der Waals surface area contributed by atoms with Crippen LogP contribution in [0.1, 0.15) is 16.8 Å². The number of phenolic OH excluding ortho intramolecular Hbond substituents is 1. The van der Waals surface area contributed by atoms with Gasteiger partial charge in [-0.05, 0) is 43.3 Å². The first-order valence-corrected chi connectivity index (χ1v) is 11.3. The minimum Gasteiger partial charge on any atom is -0.507 e. The zero-order valence-electron chi connectivity index (χ0n) is 19.8. The zero-order valence-corrected chi connectivity index (χ0v) is 19.8. The molecule has 38 heavy (non-hydrogen) atoms. The molecule has 0 amide bonds. The van der Waals surface area contributed by atoms with Crippen LogP contribution in [0.4, 0.5) is 17.1 Å². The molecule has 0 atom stereocenters. The average Bonchev–Trinajstić information content (AvgIpc) is 3.26. The number of aryl methyl sites for hydroxylation is 1. The summed E-state index contributed by atoms with van der Waals surface area (Å²) in [4.78, 5) is 25.8. The van der Waals surface area contributed by atoms with Crippen molar-refractivity contribution >= 4 is 33.8 Å². The van der Waals surface area contributed by atoms with Gasteiger partial charge in [-0.2, -0.15) is 10.2 Å². The van der Waals surface area contributed by atoms with E-state index in [1.54, 1.807) is 29.1 Å². The van der Waals surface area contributed by atoms with Gasteiger partial charge in [-0.1, -0.05) is 30.3 Å². The Balaban J connectivity index is 1.63. The molecule has 5 aromatic rings. The second kappa shape index (κ2) is 9.78. The number of para-hydroxylation sites is 2. The van der Waals surface area contributed by atoms with E-state index >= 15 is 0 Å². The molecule has 2 N–H and O–H groups in total. The van der Waals surface area contributed by atoms with Crippen LogP contribution in [0.25, 0.3) is 16.7 Å². The van der Waals surface area contributed by atoms with Crippen LogP contribution in [0.2, 0.25) is 0 Å². The largest absolute Gasteiger partial charge is 0.507 e. The molecule has 0 saturated carbocycles. The van der Waals surface area contributed by atoms with E-state index in [-0.39, 0.29) is 17.1 Å². The van der Waals surface area contributed by atoms with E-state index in [0.717, 1.165) is 23.2 Å². The van der Waals surface area contributed by atoms with E-state index in [1.807, 2.05) is 43.3 Å². The number of phenols is 1. The maximum Gasteiger partial charge on any atom is 0.301 e. The number of nitro benzene ring substituents is 2. The average molecular weight is 509 g/mol. The molecule has 0 aliphatic heterocycles. The Labute approximate surface area is 214 Å². The highest BCUT2D eigenvalue weighted by Gasteiger charge is 2.21. The first-order valence-electron chi connectivity index (χ1n) is 11.3. The summed E-state index contributed by atoms with van der Waals surface area (Å²) in [7, 11) is 0. The van der Waals surface area contributed by atoms with Gasteiger partial charge in [0, 0.05) is 28.8 Å². The number of nitrogens with zero attached hydrogens (tertiary/aromatic N) is 6. The van der Waals surface area contributed by atoms with Crippen LogP contribution in [-0.2, 0) is 0 Å². The van der Waals surface area contributed by atoms with E-state index < -0.39 is 21.2 Å². The van der Waals surface area contributed by atoms with Gasteiger partial charge in [-0.15, -0.1) is 0 Å². The molecule has 12 nitrogen and oxygen atoms in total. The van der Waals surface area contributed by atoms with Gasteiger partial charge in [0.25, 0.3) is 5.69 Å². The van der Waals surface area contributed by atoms with Crippen molar-refractivity contribution < 1.29 is 15.0 Å². The van der Waals surface area contributed by atoms with Crippen LogP contribution in [0.3, 0.4) is 0 Å². The number of fused-ring (bicyclic) bond motifs is 1. The number of anilines is 1. The van der Waals surface area contributed by atoms with Gasteiger partial charge in [-0.25, -0.2) is 9.67 Å². The third-order valence-corrected chi connectivity index (χ3v) is 5.82. The molecule has 2 heterocycles. The lowest BCUT2D eigenvalue weighted by atomic mass is 10.0. The molecule has 0 radical (unpaired) electrons. The van der Waals surface area contributed by atoms with Crippen molar-refractivity contribution in [1.29, 1.82) is 0 Å². The standard InChI is InChI=1S/C26H19N7O5/c1-16-21-13-17(15-27-26(21)31(30-16)18-7-3-2-4-8-18)25(20-9-5-6-10-24(20)34)29-28-22-12-11-19(32(35)36)14-23(22)33(37)38/h2-15,28,34H,1H3/b29-25-. The number of hydrazone groups is 1. The molecule has 5 rings (SSSR count). The summed E-state index contributed by atoms with van der Waals surface area (Å²) in [5, 5.41) is 43.0. The molecule has 188 valence electrons. The van der Waals surface area contributed by atoms with Gasteiger partial charge < -0.3 is 5.11 Å². The number of benzene rings is 3. The van der Waals surface area contributed by atoms with E-state index in [0.29, 0.717) is 22.5 Å². The smallest absolute Gasteiger partial charge is 0.301 e. The van der Waals surface area contributed by atoms with E-state index in [1.165, 1.54) is 12.1 Å². The minimum absolute atomic E-state index is 0.0596. The number of aromatic nitrogens is 3. The monoisotopic (exact) mass is 509 g/mol. The summed E-state index contributed by atoms with van der Waals surface area (Å²) in [6, 6.07) is 21.1. The number of hydrogen-bond donors (Lipinski definition) is 2. The summed E-state index contributed by atoms with van der Waals surface area (Å²) in [5.41, 5.74) is 4.91. The molecule has 0 saturated heterocycles. The van der Waals surface area contributed by atoms with Crippen molar-refractivity contribution in [2.45, 2.75) is 6.92 Å². The maximum atomic E-state index is 11.6. The summed E-state index contributed by atoms with van der Waals surface area (Å²) >= 11 is 0. The van der Waals surface area contributed by atoms with Gasteiger partial charge in [0.05, 0.1) is 27.3 Å². The second-order valence-electron chi connectivity index (χ2n) is 8.23. The highest BCUT2D eigenvalue weighted by Crippen LogP contribution is 2.30. The Morgan fingerprint density at radius 3 is 2.42 bits per heavy atom. The number of hydrogen-bond acceptors (Lipinski definition) is 9. The molecular weight excluding hydrogens is 490 g/mol. The van der Waals surface area contributed by atoms with Crippen LogP contribution in [0.5, 0.6) is 5.75 Å². The van der Waals surface area contributed by atoms with Crippen molar-refractivity contribution in [3.63, 3.8) is 0 Å². The van der Waals surface area contributed by atoms with Crippen LogP contribution in [0, 0.1) is 27.2 Å². The van der Waals surface area contributed by atoms with Gasteiger partial charge in [-0.3, -0.25) is 25.7 Å². The number of rotatable bonds is 7. The van der Waals surface area contributed by atoms with Crippen LogP contribution in [-0.4, -0.2) is 35.4 Å². The van der Waals surface area contributed by atoms with Crippen LogP contribution >= 0.6 is 0 Å². The van der Waals surface area contributed by atoms with E-state index in [4.69, 9.17) is 0 Å². The summed E-state index contributed by atoms with van der Waals surface area (Å²) in [5.74, 6) is -0.0666. The molecule has 0 unspecified atom stereocenters. The van der Waals surface area contributed by atoms with Gasteiger partial charge in [0.15, 0.2) is 5.65 Å². The molecule has 0 spiro atoms. The van der Waals surface area contributed by atoms with Crippen molar-refractivity contribution in [1.82, 2.24) is 14.8 Å². The lowest BCUT2D eigenvalue weighted by molar-refractivity contribution is -0.393. The Hall–Kier alpha value is -5.65. The van der Waals surface area contributed by atoms with E-state index in [2.05, 4.69) is 20.6 Å². The minimum atomic E-state index is -0.737. The van der Waals surface area contributed by atoms with Crippen LogP contribution < -0.4 is 5.43 Å². The fraction of sp³-hybridized carbons (Fsp3) is 0.0385. The van der Waals surface area contributed by atoms with Gasteiger partial charge >= 0.3 is 5.69 Å². The maximum absolute atomic E-state index is 11.6. The summed E-state index contributed by atoms with van der Waals surface area (Å²) < 4.78 is 1.73. The molecule has 0 aliphatic carbocycles. The summed E-state index contributed by atoms with van der Waals surface area (Å²) in [6.07, 6.45) is 1.57. The topological polar surface area (TPSA) is 162 Å². The van der Waals surface area contributed by atoms with Crippen LogP contribution in [0.15, 0.2) is 90.2 Å². The number of aromatic hydroxyl groups is 1. The Morgan fingerprint density at radius 1 is 0.974 bits per heavy atom. The number of pyridine rings is 1. The van der Waals surface area contributed by atoms with Gasteiger partial charge in [0.1, 0.15) is 17.1 Å². The fourth-order valence-electron chi connectivity index (χ4n) is 3.97. The first-order chi connectivity index (χ1) is 18.3. The number of non-ortho nitro benzene ring substituents is 1. The van der Waals surface area contributed by atoms with Crippen molar-refractivity contribution in [3.8, 4) is 11.4 Å². The quantitative estimate of drug-likeness (QED) is 0.174. The molecular formula is C26H19N7O5. The molecule has 0 bridgehead atoms. The normalized spacial score (nSPS) is 11.4. The number of nitrogens with one attached hydrogen (secondary N) is 1. The Morgan fingerprint density at radius 2 is 1.71 bits per heavy atom. The predicted octanol–water partition coefficient (Wildman–Crippen LogP) is 5.12.